The molecule has 2 heterocycles. The van der Waals surface area contributed by atoms with Gasteiger partial charge in [-0.05, 0) is 18.2 Å². The van der Waals surface area contributed by atoms with Crippen LogP contribution in [-0.2, 0) is 0 Å². The fraction of sp³-hybridized carbons (Fsp3) is 0. The summed E-state index contributed by atoms with van der Waals surface area (Å²) in [4.78, 5) is 13.8. The average Bonchev–Trinajstić information content (AvgIpc) is 2.57. The molecular weight excluding hydrogens is 154 g/mol. The highest BCUT2D eigenvalue weighted by Crippen LogP contribution is 2.13. The van der Waals surface area contributed by atoms with Crippen LogP contribution >= 0.6 is 0 Å². The van der Waals surface area contributed by atoms with E-state index >= 15 is 0 Å². The quantitative estimate of drug-likeness (QED) is 0.691. The van der Waals surface area contributed by atoms with Gasteiger partial charge in [0.15, 0.2) is 0 Å². The highest BCUT2D eigenvalue weighted by Gasteiger charge is 2.01. The van der Waals surface area contributed by atoms with Crippen molar-refractivity contribution in [1.29, 1.82) is 0 Å². The smallest absolute Gasteiger partial charge is 0.255 e. The number of aromatic amines is 1. The lowest BCUT2D eigenvalue weighted by molar-refractivity contribution is 0.568. The maximum Gasteiger partial charge on any atom is 0.255 e. The normalized spacial score (nSPS) is 10.0. The molecule has 0 amide bonds. The molecule has 1 N–H and O–H groups in total. The van der Waals surface area contributed by atoms with Crippen molar-refractivity contribution in [3.8, 4) is 11.1 Å². The van der Waals surface area contributed by atoms with E-state index in [0.717, 1.165) is 5.56 Å². The monoisotopic (exact) mass is 161 g/mol. The van der Waals surface area contributed by atoms with Gasteiger partial charge in [-0.1, -0.05) is 0 Å². The Morgan fingerprint density at radius 1 is 1.33 bits per heavy atom. The first kappa shape index (κ1) is 6.91. The van der Waals surface area contributed by atoms with E-state index in [1.807, 2.05) is 0 Å². The second kappa shape index (κ2) is 2.70. The van der Waals surface area contributed by atoms with Crippen LogP contribution in [0.2, 0.25) is 0 Å². The number of H-pyrrole nitrogens is 1. The Morgan fingerprint density at radius 2 is 2.25 bits per heavy atom. The zero-order chi connectivity index (χ0) is 8.39. The average molecular weight is 161 g/mol. The summed E-state index contributed by atoms with van der Waals surface area (Å²) in [6.45, 7) is 0. The summed E-state index contributed by atoms with van der Waals surface area (Å²) in [7, 11) is 0. The Labute approximate surface area is 68.7 Å². The van der Waals surface area contributed by atoms with E-state index in [0.29, 0.717) is 5.56 Å². The molecule has 0 aliphatic heterocycles. The molecule has 2 rings (SSSR count). The standard InChI is InChI=1S/C9H7NO2/c11-9-8(2-1-4-10-9)7-3-5-12-6-7/h1-6H,(H,10,11). The molecule has 3 nitrogen and oxygen atoms in total. The van der Waals surface area contributed by atoms with Crippen molar-refractivity contribution in [2.45, 2.75) is 0 Å². The Balaban J connectivity index is 2.63. The van der Waals surface area contributed by atoms with E-state index in [-0.39, 0.29) is 5.56 Å². The van der Waals surface area contributed by atoms with Gasteiger partial charge in [-0.2, -0.15) is 0 Å². The number of aromatic nitrogens is 1. The number of pyridine rings is 1. The summed E-state index contributed by atoms with van der Waals surface area (Å²) in [6, 6.07) is 5.29. The summed E-state index contributed by atoms with van der Waals surface area (Å²) in [6.07, 6.45) is 4.69. The van der Waals surface area contributed by atoms with E-state index < -0.39 is 0 Å². The lowest BCUT2D eigenvalue weighted by Crippen LogP contribution is -2.06. The predicted octanol–water partition coefficient (Wildman–Crippen LogP) is 1.63. The molecule has 0 radical (unpaired) electrons. The van der Waals surface area contributed by atoms with Gasteiger partial charge < -0.3 is 9.40 Å². The van der Waals surface area contributed by atoms with Crippen molar-refractivity contribution >= 4 is 0 Å². The topological polar surface area (TPSA) is 46.0 Å². The minimum absolute atomic E-state index is 0.0982. The van der Waals surface area contributed by atoms with E-state index in [2.05, 4.69) is 4.98 Å². The second-order valence-electron chi connectivity index (χ2n) is 2.42. The van der Waals surface area contributed by atoms with Crippen molar-refractivity contribution in [1.82, 2.24) is 4.98 Å². The molecule has 12 heavy (non-hydrogen) atoms. The van der Waals surface area contributed by atoms with Gasteiger partial charge in [-0.3, -0.25) is 4.79 Å². The Hall–Kier alpha value is -1.77. The Kier molecular flexibility index (Phi) is 1.55. The summed E-state index contributed by atoms with van der Waals surface area (Å²) < 4.78 is 4.87. The zero-order valence-electron chi connectivity index (χ0n) is 6.28. The number of rotatable bonds is 1. The lowest BCUT2D eigenvalue weighted by atomic mass is 10.1. The van der Waals surface area contributed by atoms with Crippen LogP contribution in [0.1, 0.15) is 0 Å². The molecule has 0 aliphatic rings. The van der Waals surface area contributed by atoms with E-state index in [1.165, 1.54) is 0 Å². The van der Waals surface area contributed by atoms with Crippen LogP contribution in [0.4, 0.5) is 0 Å². The third kappa shape index (κ3) is 1.05. The van der Waals surface area contributed by atoms with Crippen LogP contribution in [0.5, 0.6) is 0 Å². The fourth-order valence-corrected chi connectivity index (χ4v) is 1.07. The zero-order valence-corrected chi connectivity index (χ0v) is 6.28. The minimum atomic E-state index is -0.0982. The van der Waals surface area contributed by atoms with Gasteiger partial charge >= 0.3 is 0 Å². The third-order valence-electron chi connectivity index (χ3n) is 1.65. The molecule has 2 aromatic heterocycles. The van der Waals surface area contributed by atoms with Crippen LogP contribution in [0.25, 0.3) is 11.1 Å². The van der Waals surface area contributed by atoms with Crippen LogP contribution in [0.15, 0.2) is 46.1 Å². The molecule has 60 valence electrons. The largest absolute Gasteiger partial charge is 0.472 e. The van der Waals surface area contributed by atoms with E-state index in [1.54, 1.807) is 36.9 Å². The van der Waals surface area contributed by atoms with Gasteiger partial charge in [0.2, 0.25) is 0 Å². The molecule has 2 aromatic rings. The van der Waals surface area contributed by atoms with E-state index in [4.69, 9.17) is 4.42 Å². The predicted molar refractivity (Wildman–Crippen MR) is 44.8 cm³/mol. The molecule has 0 spiro atoms. The first-order chi connectivity index (χ1) is 5.88. The summed E-state index contributed by atoms with van der Waals surface area (Å²) >= 11 is 0. The number of hydrogen-bond acceptors (Lipinski definition) is 2. The molecule has 0 aromatic carbocycles. The molecule has 0 aliphatic carbocycles. The number of hydrogen-bond donors (Lipinski definition) is 1. The third-order valence-corrected chi connectivity index (χ3v) is 1.65. The van der Waals surface area contributed by atoms with Crippen molar-refractivity contribution in [2.24, 2.45) is 0 Å². The lowest BCUT2D eigenvalue weighted by Gasteiger charge is -1.91. The van der Waals surface area contributed by atoms with Gasteiger partial charge in [0, 0.05) is 11.8 Å². The van der Waals surface area contributed by atoms with Crippen molar-refractivity contribution in [3.63, 3.8) is 0 Å². The molecule has 0 unspecified atom stereocenters. The molecule has 0 bridgehead atoms. The molecule has 0 saturated carbocycles. The number of nitrogens with one attached hydrogen (secondary N) is 1. The van der Waals surface area contributed by atoms with Gasteiger partial charge in [0.25, 0.3) is 5.56 Å². The number of furan rings is 1. The van der Waals surface area contributed by atoms with Gasteiger partial charge in [0.1, 0.15) is 0 Å². The van der Waals surface area contributed by atoms with Crippen LogP contribution < -0.4 is 5.56 Å². The van der Waals surface area contributed by atoms with Crippen molar-refractivity contribution in [2.75, 3.05) is 0 Å². The second-order valence-corrected chi connectivity index (χ2v) is 2.42. The Bertz CT molecular complexity index is 414. The minimum Gasteiger partial charge on any atom is -0.472 e. The molecule has 0 fully saturated rings. The van der Waals surface area contributed by atoms with Crippen LogP contribution in [0.3, 0.4) is 0 Å². The first-order valence-electron chi connectivity index (χ1n) is 3.58. The maximum atomic E-state index is 11.2. The van der Waals surface area contributed by atoms with Gasteiger partial charge in [-0.25, -0.2) is 0 Å². The molecular formula is C9H7NO2. The maximum absolute atomic E-state index is 11.2. The molecule has 0 saturated heterocycles. The SMILES string of the molecule is O=c1[nH]cccc1-c1ccoc1. The van der Waals surface area contributed by atoms with E-state index in [9.17, 15) is 4.79 Å². The summed E-state index contributed by atoms with van der Waals surface area (Å²) in [5.74, 6) is 0. The highest BCUT2D eigenvalue weighted by atomic mass is 16.3. The van der Waals surface area contributed by atoms with Crippen molar-refractivity contribution < 1.29 is 4.42 Å². The van der Waals surface area contributed by atoms with Gasteiger partial charge in [0.05, 0.1) is 18.1 Å². The molecule has 3 heteroatoms. The van der Waals surface area contributed by atoms with Crippen LogP contribution in [-0.4, -0.2) is 4.98 Å². The first-order valence-corrected chi connectivity index (χ1v) is 3.58. The van der Waals surface area contributed by atoms with Crippen molar-refractivity contribution in [3.05, 3.63) is 47.3 Å². The van der Waals surface area contributed by atoms with Crippen LogP contribution in [0, 0.1) is 0 Å². The summed E-state index contributed by atoms with van der Waals surface area (Å²) in [5, 5.41) is 0. The van der Waals surface area contributed by atoms with Gasteiger partial charge in [-0.15, -0.1) is 0 Å². The fourth-order valence-electron chi connectivity index (χ4n) is 1.07. The summed E-state index contributed by atoms with van der Waals surface area (Å²) in [5.41, 5.74) is 1.34. The Morgan fingerprint density at radius 3 is 2.92 bits per heavy atom. The molecule has 0 atom stereocenters. The highest BCUT2D eigenvalue weighted by molar-refractivity contribution is 5.60.